The van der Waals surface area contributed by atoms with Crippen LogP contribution in [-0.2, 0) is 7.05 Å². The Morgan fingerprint density at radius 2 is 2.06 bits per heavy atom. The Kier molecular flexibility index (Phi) is 4.57. The third kappa shape index (κ3) is 2.93. The van der Waals surface area contributed by atoms with Gasteiger partial charge in [0.25, 0.3) is 11.5 Å². The molecule has 3 N–H and O–H groups in total. The van der Waals surface area contributed by atoms with Gasteiger partial charge < -0.3 is 15.5 Å². The number of carbonyl (C=O) groups excluding carboxylic acids is 1. The van der Waals surface area contributed by atoms with E-state index in [0.717, 1.165) is 4.68 Å². The molecule has 1 aromatic heterocycles. The summed E-state index contributed by atoms with van der Waals surface area (Å²) < 4.78 is 1.04. The van der Waals surface area contributed by atoms with Crippen molar-refractivity contribution < 1.29 is 15.0 Å². The molecule has 0 aliphatic heterocycles. The molecule has 7 heteroatoms. The predicted octanol–water partition coefficient (Wildman–Crippen LogP) is -1.36. The minimum atomic E-state index is -1.08. The van der Waals surface area contributed by atoms with E-state index in [2.05, 4.69) is 10.4 Å². The highest BCUT2D eigenvalue weighted by Gasteiger charge is 2.29. The molecular formula is C11H17N3O4. The van der Waals surface area contributed by atoms with Crippen LogP contribution in [-0.4, -0.2) is 44.7 Å². The van der Waals surface area contributed by atoms with Crippen molar-refractivity contribution in [3.8, 4) is 0 Å². The summed E-state index contributed by atoms with van der Waals surface area (Å²) in [6.07, 6.45) is 0.373. The summed E-state index contributed by atoms with van der Waals surface area (Å²) in [4.78, 5) is 23.0. The predicted molar refractivity (Wildman–Crippen MR) is 64.1 cm³/mol. The van der Waals surface area contributed by atoms with Crippen LogP contribution in [0.5, 0.6) is 0 Å². The minimum Gasteiger partial charge on any atom is -0.394 e. The number of amides is 1. The smallest absolute Gasteiger partial charge is 0.272 e. The molecule has 0 saturated heterocycles. The summed E-state index contributed by atoms with van der Waals surface area (Å²) in [5.74, 6) is -0.546. The van der Waals surface area contributed by atoms with E-state index in [9.17, 15) is 19.8 Å². The summed E-state index contributed by atoms with van der Waals surface area (Å²) >= 11 is 0. The number of rotatable bonds is 5. The molecule has 0 aromatic carbocycles. The fourth-order valence-electron chi connectivity index (χ4n) is 1.37. The molecule has 0 atom stereocenters. The van der Waals surface area contributed by atoms with E-state index in [-0.39, 0.29) is 24.5 Å². The number of nitrogens with one attached hydrogen (secondary N) is 1. The van der Waals surface area contributed by atoms with Gasteiger partial charge in [0.1, 0.15) is 5.69 Å². The summed E-state index contributed by atoms with van der Waals surface area (Å²) in [6, 6.07) is 2.53. The Labute approximate surface area is 104 Å². The number of aliphatic hydroxyl groups is 2. The van der Waals surface area contributed by atoms with Crippen molar-refractivity contribution in [2.24, 2.45) is 7.05 Å². The molecule has 1 aromatic rings. The number of aryl methyl sites for hydroxylation is 1. The van der Waals surface area contributed by atoms with Crippen LogP contribution in [0.25, 0.3) is 0 Å². The van der Waals surface area contributed by atoms with Crippen LogP contribution in [0.3, 0.4) is 0 Å². The molecule has 0 aliphatic rings. The van der Waals surface area contributed by atoms with Crippen molar-refractivity contribution in [3.63, 3.8) is 0 Å². The van der Waals surface area contributed by atoms with Crippen molar-refractivity contribution in [2.45, 2.75) is 18.9 Å². The van der Waals surface area contributed by atoms with Gasteiger partial charge >= 0.3 is 0 Å². The number of hydrogen-bond acceptors (Lipinski definition) is 5. The van der Waals surface area contributed by atoms with Crippen LogP contribution < -0.4 is 10.9 Å². The van der Waals surface area contributed by atoms with E-state index in [4.69, 9.17) is 0 Å². The molecule has 18 heavy (non-hydrogen) atoms. The molecule has 7 nitrogen and oxygen atoms in total. The fraction of sp³-hybridized carbons (Fsp3) is 0.545. The van der Waals surface area contributed by atoms with Gasteiger partial charge in [0.2, 0.25) is 0 Å². The molecule has 1 heterocycles. The van der Waals surface area contributed by atoms with E-state index in [1.54, 1.807) is 6.92 Å². The normalized spacial score (nSPS) is 11.3. The van der Waals surface area contributed by atoms with Gasteiger partial charge in [-0.15, -0.1) is 0 Å². The van der Waals surface area contributed by atoms with Gasteiger partial charge in [0.05, 0.1) is 18.8 Å². The summed E-state index contributed by atoms with van der Waals surface area (Å²) in [5.41, 5.74) is -1.34. The Hall–Kier alpha value is -1.73. The quantitative estimate of drug-likeness (QED) is 0.603. The first-order chi connectivity index (χ1) is 8.48. The molecule has 0 saturated carbocycles. The van der Waals surface area contributed by atoms with Crippen molar-refractivity contribution >= 4 is 5.91 Å². The third-order valence-corrected chi connectivity index (χ3v) is 2.85. The molecule has 100 valence electrons. The van der Waals surface area contributed by atoms with Crippen molar-refractivity contribution in [1.82, 2.24) is 15.1 Å². The van der Waals surface area contributed by atoms with Crippen LogP contribution in [0.4, 0.5) is 0 Å². The zero-order valence-corrected chi connectivity index (χ0v) is 10.4. The number of nitrogens with zero attached hydrogens (tertiary/aromatic N) is 2. The molecule has 1 amide bonds. The first-order valence-corrected chi connectivity index (χ1v) is 5.56. The number of hydrogen-bond donors (Lipinski definition) is 3. The van der Waals surface area contributed by atoms with Gasteiger partial charge in [0, 0.05) is 13.1 Å². The second-order valence-electron chi connectivity index (χ2n) is 4.08. The maximum Gasteiger partial charge on any atom is 0.272 e. The topological polar surface area (TPSA) is 104 Å². The van der Waals surface area contributed by atoms with E-state index in [0.29, 0.717) is 6.42 Å². The summed E-state index contributed by atoms with van der Waals surface area (Å²) in [7, 11) is 1.43. The first-order valence-electron chi connectivity index (χ1n) is 5.56. The second-order valence-corrected chi connectivity index (χ2v) is 4.08. The SMILES string of the molecule is CCC(CO)(CO)NC(=O)c1ccc(=O)n(C)n1. The first kappa shape index (κ1) is 14.3. The number of aromatic nitrogens is 2. The molecule has 0 bridgehead atoms. The highest BCUT2D eigenvalue weighted by molar-refractivity contribution is 5.92. The lowest BCUT2D eigenvalue weighted by atomic mass is 9.98. The van der Waals surface area contributed by atoms with Gasteiger partial charge in [0.15, 0.2) is 0 Å². The van der Waals surface area contributed by atoms with Crippen LogP contribution in [0, 0.1) is 0 Å². The van der Waals surface area contributed by atoms with Crippen LogP contribution in [0.1, 0.15) is 23.8 Å². The van der Waals surface area contributed by atoms with Gasteiger partial charge in [-0.05, 0) is 12.5 Å². The molecule has 0 unspecified atom stereocenters. The number of carbonyl (C=O) groups is 1. The molecule has 0 fully saturated rings. The zero-order chi connectivity index (χ0) is 13.8. The minimum absolute atomic E-state index is 0.0526. The Balaban J connectivity index is 2.94. The highest BCUT2D eigenvalue weighted by Crippen LogP contribution is 2.09. The largest absolute Gasteiger partial charge is 0.394 e. The van der Waals surface area contributed by atoms with Crippen LogP contribution in [0.2, 0.25) is 0 Å². The van der Waals surface area contributed by atoms with Gasteiger partial charge in [-0.1, -0.05) is 6.92 Å². The van der Waals surface area contributed by atoms with E-state index >= 15 is 0 Å². The molecule has 0 spiro atoms. The Bertz CT molecular complexity index is 471. The van der Waals surface area contributed by atoms with Crippen molar-refractivity contribution in [3.05, 3.63) is 28.2 Å². The van der Waals surface area contributed by atoms with E-state index < -0.39 is 11.4 Å². The van der Waals surface area contributed by atoms with Gasteiger partial charge in [-0.2, -0.15) is 5.10 Å². The van der Waals surface area contributed by atoms with Gasteiger partial charge in [-0.25, -0.2) is 4.68 Å². The average Bonchev–Trinajstić information content (AvgIpc) is 2.39. The monoisotopic (exact) mass is 255 g/mol. The number of aliphatic hydroxyl groups excluding tert-OH is 2. The maximum atomic E-state index is 11.9. The molecular weight excluding hydrogens is 238 g/mol. The molecule has 1 rings (SSSR count). The standard InChI is InChI=1S/C11H17N3O4/c1-3-11(6-15,7-16)12-10(18)8-4-5-9(17)14(2)13-8/h4-5,15-16H,3,6-7H2,1-2H3,(H,12,18). The molecule has 0 aliphatic carbocycles. The fourth-order valence-corrected chi connectivity index (χ4v) is 1.37. The lowest BCUT2D eigenvalue weighted by molar-refractivity contribution is 0.0647. The lowest BCUT2D eigenvalue weighted by Crippen LogP contribution is -2.54. The molecule has 0 radical (unpaired) electrons. The third-order valence-electron chi connectivity index (χ3n) is 2.85. The second kappa shape index (κ2) is 5.74. The Morgan fingerprint density at radius 1 is 1.44 bits per heavy atom. The van der Waals surface area contributed by atoms with E-state index in [1.807, 2.05) is 0 Å². The zero-order valence-electron chi connectivity index (χ0n) is 10.4. The maximum absolute atomic E-state index is 11.9. The van der Waals surface area contributed by atoms with Crippen LogP contribution in [0.15, 0.2) is 16.9 Å². The lowest BCUT2D eigenvalue weighted by Gasteiger charge is -2.29. The summed E-state index contributed by atoms with van der Waals surface area (Å²) in [5, 5.41) is 24.8. The van der Waals surface area contributed by atoms with Crippen molar-refractivity contribution in [1.29, 1.82) is 0 Å². The average molecular weight is 255 g/mol. The van der Waals surface area contributed by atoms with Gasteiger partial charge in [-0.3, -0.25) is 9.59 Å². The van der Waals surface area contributed by atoms with Crippen molar-refractivity contribution in [2.75, 3.05) is 13.2 Å². The van der Waals surface area contributed by atoms with E-state index in [1.165, 1.54) is 19.2 Å². The van der Waals surface area contributed by atoms with Crippen LogP contribution >= 0.6 is 0 Å². The highest BCUT2D eigenvalue weighted by atomic mass is 16.3. The Morgan fingerprint density at radius 3 is 2.50 bits per heavy atom. The summed E-state index contributed by atoms with van der Waals surface area (Å²) in [6.45, 7) is 0.982.